The third-order valence-electron chi connectivity index (χ3n) is 5.67. The lowest BCUT2D eigenvalue weighted by molar-refractivity contribution is -0.150. The number of nitrogens with zero attached hydrogens (tertiary/aromatic N) is 3. The van der Waals surface area contributed by atoms with Gasteiger partial charge in [-0.2, -0.15) is 4.98 Å². The van der Waals surface area contributed by atoms with Gasteiger partial charge in [-0.3, -0.25) is 9.59 Å². The van der Waals surface area contributed by atoms with Gasteiger partial charge in [-0.05, 0) is 24.5 Å². The predicted octanol–water partition coefficient (Wildman–Crippen LogP) is 3.95. The maximum absolute atomic E-state index is 12.5. The van der Waals surface area contributed by atoms with Gasteiger partial charge >= 0.3 is 5.97 Å². The number of likely N-dealkylation sites (tertiary alicyclic amines) is 1. The number of hydrogen-bond donors (Lipinski definition) is 0. The summed E-state index contributed by atoms with van der Waals surface area (Å²) in [6.07, 6.45) is 1.10. The van der Waals surface area contributed by atoms with Crippen LogP contribution in [-0.2, 0) is 27.4 Å². The molecule has 160 valence electrons. The molecule has 1 aromatic heterocycles. The van der Waals surface area contributed by atoms with Gasteiger partial charge < -0.3 is 14.2 Å². The number of aryl methyl sites for hydroxylation is 1. The van der Waals surface area contributed by atoms with Crippen LogP contribution in [0.25, 0.3) is 11.4 Å². The fourth-order valence-corrected chi connectivity index (χ4v) is 3.75. The third-order valence-corrected chi connectivity index (χ3v) is 5.67. The molecule has 0 bridgehead atoms. The Bertz CT molecular complexity index is 1050. The fraction of sp³-hybridized carbons (Fsp3) is 0.333. The molecule has 2 atom stereocenters. The van der Waals surface area contributed by atoms with Gasteiger partial charge in [-0.15, -0.1) is 0 Å². The molecule has 4 rings (SSSR count). The summed E-state index contributed by atoms with van der Waals surface area (Å²) in [5.74, 6) is -0.297. The first-order valence-electron chi connectivity index (χ1n) is 10.5. The van der Waals surface area contributed by atoms with E-state index >= 15 is 0 Å². The van der Waals surface area contributed by atoms with Crippen LogP contribution in [0.1, 0.15) is 43.3 Å². The highest BCUT2D eigenvalue weighted by atomic mass is 16.6. The number of aromatic nitrogens is 2. The lowest BCUT2D eigenvalue weighted by Gasteiger charge is -2.25. The minimum atomic E-state index is -0.498. The molecule has 0 radical (unpaired) electrons. The molecule has 1 aliphatic heterocycles. The summed E-state index contributed by atoms with van der Waals surface area (Å²) in [5.41, 5.74) is 3.10. The normalized spacial score (nSPS) is 17.0. The van der Waals surface area contributed by atoms with Crippen LogP contribution in [0.3, 0.4) is 0 Å². The SMILES string of the molecule is CCc1ccc(-c2noc(COC(=O)[C@@H]3CC(=O)N([C@H](C)c4ccccc4)C3)n2)cc1. The predicted molar refractivity (Wildman–Crippen MR) is 114 cm³/mol. The van der Waals surface area contributed by atoms with E-state index in [2.05, 4.69) is 17.1 Å². The average Bonchev–Trinajstić information content (AvgIpc) is 3.44. The van der Waals surface area contributed by atoms with E-state index in [0.717, 1.165) is 17.5 Å². The summed E-state index contributed by atoms with van der Waals surface area (Å²) >= 11 is 0. The van der Waals surface area contributed by atoms with Gasteiger partial charge in [0.05, 0.1) is 12.0 Å². The lowest BCUT2D eigenvalue weighted by Crippen LogP contribution is -2.29. The van der Waals surface area contributed by atoms with Crippen LogP contribution in [0.15, 0.2) is 59.1 Å². The van der Waals surface area contributed by atoms with Crippen molar-refractivity contribution in [2.45, 2.75) is 39.3 Å². The van der Waals surface area contributed by atoms with E-state index in [1.165, 1.54) is 5.56 Å². The average molecular weight is 419 g/mol. The highest BCUT2D eigenvalue weighted by molar-refractivity contribution is 5.87. The summed E-state index contributed by atoms with van der Waals surface area (Å²) in [7, 11) is 0. The van der Waals surface area contributed by atoms with E-state index in [4.69, 9.17) is 9.26 Å². The minimum Gasteiger partial charge on any atom is -0.455 e. The lowest BCUT2D eigenvalue weighted by atomic mass is 10.1. The van der Waals surface area contributed by atoms with Crippen LogP contribution in [0.2, 0.25) is 0 Å². The number of amides is 1. The molecule has 31 heavy (non-hydrogen) atoms. The molecule has 7 heteroatoms. The van der Waals surface area contributed by atoms with Gasteiger partial charge in [-0.25, -0.2) is 0 Å². The van der Waals surface area contributed by atoms with Crippen molar-refractivity contribution < 1.29 is 18.8 Å². The Hall–Kier alpha value is -3.48. The Morgan fingerprint density at radius 2 is 1.94 bits per heavy atom. The van der Waals surface area contributed by atoms with Crippen LogP contribution in [-0.4, -0.2) is 33.5 Å². The van der Waals surface area contributed by atoms with Crippen LogP contribution in [0, 0.1) is 5.92 Å². The molecule has 1 saturated heterocycles. The van der Waals surface area contributed by atoms with Crippen molar-refractivity contribution in [1.82, 2.24) is 15.0 Å². The molecule has 0 N–H and O–H groups in total. The number of hydrogen-bond acceptors (Lipinski definition) is 6. The van der Waals surface area contributed by atoms with E-state index in [-0.39, 0.29) is 30.9 Å². The zero-order chi connectivity index (χ0) is 21.8. The number of esters is 1. The molecule has 0 aliphatic carbocycles. The molecular weight excluding hydrogens is 394 g/mol. The number of ether oxygens (including phenoxy) is 1. The van der Waals surface area contributed by atoms with Gasteiger partial charge in [-0.1, -0.05) is 66.7 Å². The first kappa shape index (κ1) is 20.8. The Kier molecular flexibility index (Phi) is 6.11. The molecular formula is C24H25N3O4. The summed E-state index contributed by atoms with van der Waals surface area (Å²) in [6, 6.07) is 17.6. The minimum absolute atomic E-state index is 0.0473. The second-order valence-corrected chi connectivity index (χ2v) is 7.70. The quantitative estimate of drug-likeness (QED) is 0.539. The van der Waals surface area contributed by atoms with Gasteiger partial charge in [0, 0.05) is 18.5 Å². The van der Waals surface area contributed by atoms with Crippen LogP contribution in [0.5, 0.6) is 0 Å². The van der Waals surface area contributed by atoms with Gasteiger partial charge in [0.1, 0.15) is 0 Å². The van der Waals surface area contributed by atoms with Gasteiger partial charge in [0.2, 0.25) is 11.7 Å². The summed E-state index contributed by atoms with van der Waals surface area (Å²) < 4.78 is 10.6. The standard InChI is InChI=1S/C24H25N3O4/c1-3-17-9-11-19(12-10-17)23-25-21(31-26-23)15-30-24(29)20-13-22(28)27(14-20)16(2)18-7-5-4-6-8-18/h4-12,16,20H,3,13-15H2,1-2H3/t16-,20-/m1/s1. The largest absolute Gasteiger partial charge is 0.455 e. The van der Waals surface area contributed by atoms with Crippen molar-refractivity contribution >= 4 is 11.9 Å². The second-order valence-electron chi connectivity index (χ2n) is 7.70. The van der Waals surface area contributed by atoms with E-state index in [9.17, 15) is 9.59 Å². The number of carbonyl (C=O) groups is 2. The van der Waals surface area contributed by atoms with Crippen molar-refractivity contribution in [1.29, 1.82) is 0 Å². The Labute approximate surface area is 181 Å². The molecule has 2 aromatic carbocycles. The molecule has 1 fully saturated rings. The van der Waals surface area contributed by atoms with E-state index < -0.39 is 11.9 Å². The van der Waals surface area contributed by atoms with Gasteiger partial charge in [0.25, 0.3) is 5.89 Å². The van der Waals surface area contributed by atoms with Crippen LogP contribution in [0.4, 0.5) is 0 Å². The zero-order valence-electron chi connectivity index (χ0n) is 17.7. The Balaban J connectivity index is 1.33. The van der Waals surface area contributed by atoms with E-state index in [1.54, 1.807) is 4.90 Å². The molecule has 0 spiro atoms. The van der Waals surface area contributed by atoms with E-state index in [0.29, 0.717) is 12.4 Å². The van der Waals surface area contributed by atoms with Crippen molar-refractivity contribution in [2.75, 3.05) is 6.54 Å². The highest BCUT2D eigenvalue weighted by Gasteiger charge is 2.38. The van der Waals surface area contributed by atoms with E-state index in [1.807, 2.05) is 61.5 Å². The summed E-state index contributed by atoms with van der Waals surface area (Å²) in [6.45, 7) is 4.29. The van der Waals surface area contributed by atoms with Crippen LogP contribution >= 0.6 is 0 Å². The molecule has 0 unspecified atom stereocenters. The Morgan fingerprint density at radius 3 is 2.65 bits per heavy atom. The number of rotatable bonds is 7. The third kappa shape index (κ3) is 4.66. The first-order valence-corrected chi connectivity index (χ1v) is 10.5. The molecule has 1 aliphatic rings. The van der Waals surface area contributed by atoms with Crippen molar-refractivity contribution in [2.24, 2.45) is 5.92 Å². The Morgan fingerprint density at radius 1 is 1.19 bits per heavy atom. The molecule has 1 amide bonds. The topological polar surface area (TPSA) is 85.5 Å². The van der Waals surface area contributed by atoms with Crippen molar-refractivity contribution in [3.8, 4) is 11.4 Å². The molecule has 0 saturated carbocycles. The number of carbonyl (C=O) groups excluding carboxylic acids is 2. The van der Waals surface area contributed by atoms with Crippen LogP contribution < -0.4 is 0 Å². The fourth-order valence-electron chi connectivity index (χ4n) is 3.75. The molecule has 3 aromatic rings. The smallest absolute Gasteiger partial charge is 0.311 e. The zero-order valence-corrected chi connectivity index (χ0v) is 17.7. The number of benzene rings is 2. The monoisotopic (exact) mass is 419 g/mol. The van der Waals surface area contributed by atoms with Gasteiger partial charge in [0.15, 0.2) is 6.61 Å². The summed E-state index contributed by atoms with van der Waals surface area (Å²) in [5, 5.41) is 3.96. The molecule has 2 heterocycles. The maximum atomic E-state index is 12.5. The maximum Gasteiger partial charge on any atom is 0.311 e. The first-order chi connectivity index (χ1) is 15.0. The summed E-state index contributed by atoms with van der Waals surface area (Å²) in [4.78, 5) is 31.0. The van der Waals surface area contributed by atoms with Crippen molar-refractivity contribution in [3.05, 3.63) is 71.6 Å². The second kappa shape index (κ2) is 9.12. The highest BCUT2D eigenvalue weighted by Crippen LogP contribution is 2.29. The van der Waals surface area contributed by atoms with Crippen molar-refractivity contribution in [3.63, 3.8) is 0 Å². The molecule has 7 nitrogen and oxygen atoms in total.